The Morgan fingerprint density at radius 3 is 2.69 bits per heavy atom. The van der Waals surface area contributed by atoms with Gasteiger partial charge in [-0.25, -0.2) is 0 Å². The van der Waals surface area contributed by atoms with Crippen molar-refractivity contribution in [3.8, 4) is 0 Å². The zero-order valence-corrected chi connectivity index (χ0v) is 9.01. The maximum absolute atomic E-state index is 4.95. The molecular formula is C11H23NO. The number of ether oxygens (including phenoxy) is 1. The van der Waals surface area contributed by atoms with Crippen LogP contribution in [0.2, 0.25) is 0 Å². The Kier molecular flexibility index (Phi) is 5.40. The lowest BCUT2D eigenvalue weighted by atomic mass is 9.74. The molecule has 1 rings (SSSR count). The van der Waals surface area contributed by atoms with E-state index >= 15 is 0 Å². The fourth-order valence-corrected chi connectivity index (χ4v) is 2.12. The Morgan fingerprint density at radius 2 is 2.08 bits per heavy atom. The maximum atomic E-state index is 4.95. The van der Waals surface area contributed by atoms with Crippen LogP contribution in [-0.4, -0.2) is 26.8 Å². The van der Waals surface area contributed by atoms with Crippen molar-refractivity contribution in [3.63, 3.8) is 0 Å². The summed E-state index contributed by atoms with van der Waals surface area (Å²) in [5.74, 6) is 2.05. The molecular weight excluding hydrogens is 162 g/mol. The molecule has 2 nitrogen and oxygen atoms in total. The molecule has 0 aromatic heterocycles. The fraction of sp³-hybridized carbons (Fsp3) is 1.00. The van der Waals surface area contributed by atoms with Crippen LogP contribution >= 0.6 is 0 Å². The lowest BCUT2D eigenvalue weighted by Gasteiger charge is -2.32. The molecule has 1 saturated carbocycles. The molecule has 0 saturated heterocycles. The molecule has 0 radical (unpaired) electrons. The van der Waals surface area contributed by atoms with Crippen LogP contribution in [0, 0.1) is 11.8 Å². The van der Waals surface area contributed by atoms with Gasteiger partial charge in [-0.2, -0.15) is 0 Å². The van der Waals surface area contributed by atoms with Crippen LogP contribution in [0.3, 0.4) is 0 Å². The van der Waals surface area contributed by atoms with Gasteiger partial charge in [0.05, 0.1) is 6.61 Å². The van der Waals surface area contributed by atoms with Gasteiger partial charge in [0.1, 0.15) is 0 Å². The van der Waals surface area contributed by atoms with Gasteiger partial charge in [-0.05, 0) is 44.1 Å². The monoisotopic (exact) mass is 185 g/mol. The second kappa shape index (κ2) is 6.39. The molecule has 0 spiro atoms. The Bertz CT molecular complexity index is 121. The summed E-state index contributed by atoms with van der Waals surface area (Å²) >= 11 is 0. The number of nitrogens with one attached hydrogen (secondary N) is 1. The predicted molar refractivity (Wildman–Crippen MR) is 55.9 cm³/mol. The summed E-state index contributed by atoms with van der Waals surface area (Å²) in [5, 5.41) is 3.38. The number of rotatable bonds is 7. The molecule has 0 aromatic rings. The van der Waals surface area contributed by atoms with E-state index in [9.17, 15) is 0 Å². The van der Waals surface area contributed by atoms with Crippen LogP contribution < -0.4 is 5.32 Å². The average Bonchev–Trinajstić information content (AvgIpc) is 2.07. The third kappa shape index (κ3) is 4.63. The molecule has 0 amide bonds. The molecule has 1 aliphatic carbocycles. The van der Waals surface area contributed by atoms with Crippen LogP contribution in [0.25, 0.3) is 0 Å². The summed E-state index contributed by atoms with van der Waals surface area (Å²) in [7, 11) is 1.75. The molecule has 0 aliphatic heterocycles. The Balaban J connectivity index is 1.74. The van der Waals surface area contributed by atoms with Gasteiger partial charge >= 0.3 is 0 Å². The van der Waals surface area contributed by atoms with Crippen molar-refractivity contribution in [2.24, 2.45) is 11.8 Å². The number of methoxy groups -OCH3 is 1. The van der Waals surface area contributed by atoms with Crippen LogP contribution in [-0.2, 0) is 4.74 Å². The van der Waals surface area contributed by atoms with E-state index in [1.807, 2.05) is 0 Å². The molecule has 0 heterocycles. The molecule has 1 N–H and O–H groups in total. The summed E-state index contributed by atoms with van der Waals surface area (Å²) in [6, 6.07) is 0. The third-order valence-corrected chi connectivity index (χ3v) is 2.92. The molecule has 13 heavy (non-hydrogen) atoms. The van der Waals surface area contributed by atoms with Crippen molar-refractivity contribution < 1.29 is 4.74 Å². The van der Waals surface area contributed by atoms with E-state index in [1.165, 1.54) is 25.7 Å². The normalized spacial score (nSPS) is 27.2. The first-order valence-corrected chi connectivity index (χ1v) is 5.52. The second-order valence-corrected chi connectivity index (χ2v) is 4.33. The molecule has 78 valence electrons. The van der Waals surface area contributed by atoms with Crippen molar-refractivity contribution in [2.75, 3.05) is 26.8 Å². The molecule has 0 atom stereocenters. The van der Waals surface area contributed by atoms with Gasteiger partial charge in [-0.1, -0.05) is 6.92 Å². The number of hydrogen-bond acceptors (Lipinski definition) is 2. The Labute approximate surface area is 82.0 Å². The molecule has 0 aromatic carbocycles. The predicted octanol–water partition coefficient (Wildman–Crippen LogP) is 2.05. The summed E-state index contributed by atoms with van der Waals surface area (Å²) in [4.78, 5) is 0. The highest BCUT2D eigenvalue weighted by Crippen LogP contribution is 2.35. The van der Waals surface area contributed by atoms with Gasteiger partial charge < -0.3 is 10.1 Å². The van der Waals surface area contributed by atoms with Gasteiger partial charge in [0.15, 0.2) is 0 Å². The summed E-state index contributed by atoms with van der Waals surface area (Å²) < 4.78 is 4.95. The standard InChI is InChI=1S/C11H23NO/c1-10-8-11(9-10)4-3-5-12-6-7-13-2/h10-12H,3-9H2,1-2H3. The second-order valence-electron chi connectivity index (χ2n) is 4.33. The maximum Gasteiger partial charge on any atom is 0.0587 e. The van der Waals surface area contributed by atoms with Gasteiger partial charge in [-0.15, -0.1) is 0 Å². The lowest BCUT2D eigenvalue weighted by Crippen LogP contribution is -2.24. The Hall–Kier alpha value is -0.0800. The largest absolute Gasteiger partial charge is 0.383 e. The molecule has 0 unspecified atom stereocenters. The van der Waals surface area contributed by atoms with E-state index in [0.29, 0.717) is 0 Å². The zero-order chi connectivity index (χ0) is 9.52. The first-order chi connectivity index (χ1) is 6.33. The van der Waals surface area contributed by atoms with Crippen molar-refractivity contribution in [1.29, 1.82) is 0 Å². The minimum atomic E-state index is 0.834. The summed E-state index contributed by atoms with van der Waals surface area (Å²) in [6.45, 7) is 5.35. The summed E-state index contributed by atoms with van der Waals surface area (Å²) in [6.07, 6.45) is 5.70. The smallest absolute Gasteiger partial charge is 0.0587 e. The molecule has 1 aliphatic rings. The van der Waals surface area contributed by atoms with Crippen LogP contribution in [0.15, 0.2) is 0 Å². The zero-order valence-electron chi connectivity index (χ0n) is 9.01. The quantitative estimate of drug-likeness (QED) is 0.613. The first-order valence-electron chi connectivity index (χ1n) is 5.52. The van der Waals surface area contributed by atoms with E-state index in [-0.39, 0.29) is 0 Å². The highest BCUT2D eigenvalue weighted by molar-refractivity contribution is 4.76. The van der Waals surface area contributed by atoms with Crippen LogP contribution in [0.5, 0.6) is 0 Å². The highest BCUT2D eigenvalue weighted by atomic mass is 16.5. The van der Waals surface area contributed by atoms with E-state index in [1.54, 1.807) is 7.11 Å². The first kappa shape index (κ1) is 11.0. The van der Waals surface area contributed by atoms with Gasteiger partial charge in [0, 0.05) is 13.7 Å². The average molecular weight is 185 g/mol. The van der Waals surface area contributed by atoms with Gasteiger partial charge in [0.2, 0.25) is 0 Å². The summed E-state index contributed by atoms with van der Waals surface area (Å²) in [5.41, 5.74) is 0. The van der Waals surface area contributed by atoms with Crippen LogP contribution in [0.1, 0.15) is 32.6 Å². The topological polar surface area (TPSA) is 21.3 Å². The Morgan fingerprint density at radius 1 is 1.31 bits per heavy atom. The lowest BCUT2D eigenvalue weighted by molar-refractivity contribution is 0.189. The number of hydrogen-bond donors (Lipinski definition) is 1. The molecule has 0 bridgehead atoms. The van der Waals surface area contributed by atoms with Crippen molar-refractivity contribution >= 4 is 0 Å². The highest BCUT2D eigenvalue weighted by Gasteiger charge is 2.24. The van der Waals surface area contributed by atoms with Crippen molar-refractivity contribution in [1.82, 2.24) is 5.32 Å². The third-order valence-electron chi connectivity index (χ3n) is 2.92. The van der Waals surface area contributed by atoms with Crippen molar-refractivity contribution in [3.05, 3.63) is 0 Å². The molecule has 1 fully saturated rings. The van der Waals surface area contributed by atoms with E-state index in [2.05, 4.69) is 12.2 Å². The van der Waals surface area contributed by atoms with Crippen molar-refractivity contribution in [2.45, 2.75) is 32.6 Å². The van der Waals surface area contributed by atoms with Crippen LogP contribution in [0.4, 0.5) is 0 Å². The van der Waals surface area contributed by atoms with E-state index in [4.69, 9.17) is 4.74 Å². The minimum Gasteiger partial charge on any atom is -0.383 e. The SMILES string of the molecule is COCCNCCCC1CC(C)C1. The van der Waals surface area contributed by atoms with E-state index in [0.717, 1.165) is 31.5 Å². The van der Waals surface area contributed by atoms with Gasteiger partial charge in [-0.3, -0.25) is 0 Å². The fourth-order valence-electron chi connectivity index (χ4n) is 2.12. The van der Waals surface area contributed by atoms with Gasteiger partial charge in [0.25, 0.3) is 0 Å². The van der Waals surface area contributed by atoms with E-state index < -0.39 is 0 Å². The minimum absolute atomic E-state index is 0.834. The molecule has 2 heteroatoms.